The Bertz CT molecular complexity index is 460. The van der Waals surface area contributed by atoms with Crippen molar-refractivity contribution in [2.75, 3.05) is 13.1 Å². The first-order valence-corrected chi connectivity index (χ1v) is 8.69. The van der Waals surface area contributed by atoms with Crippen molar-refractivity contribution >= 4 is 0 Å². The molecule has 1 aromatic rings. The first-order valence-electron chi connectivity index (χ1n) is 8.69. The number of rotatable bonds is 4. The Labute approximate surface area is 129 Å². The van der Waals surface area contributed by atoms with Crippen LogP contribution in [0.1, 0.15) is 64.5 Å². The van der Waals surface area contributed by atoms with Crippen LogP contribution in [0.2, 0.25) is 0 Å². The molecule has 2 fully saturated rings. The fourth-order valence-electron chi connectivity index (χ4n) is 4.15. The average molecular weight is 286 g/mol. The standard InChI is InChI=1S/C19H30N2/c1-4-19(5-2)15-21(18(3)12-9-13-18)17(14-20-19)16-10-7-6-8-11-16/h6-8,10-11,17,20H,4-5,9,12-15H2,1-3H3. The topological polar surface area (TPSA) is 15.3 Å². The summed E-state index contributed by atoms with van der Waals surface area (Å²) in [7, 11) is 0. The monoisotopic (exact) mass is 286 g/mol. The number of nitrogens with zero attached hydrogens (tertiary/aromatic N) is 1. The molecule has 2 nitrogen and oxygen atoms in total. The van der Waals surface area contributed by atoms with Crippen LogP contribution in [-0.2, 0) is 0 Å². The lowest BCUT2D eigenvalue weighted by Gasteiger charge is -2.58. The highest BCUT2D eigenvalue weighted by atomic mass is 15.3. The third kappa shape index (κ3) is 2.64. The smallest absolute Gasteiger partial charge is 0.0479 e. The van der Waals surface area contributed by atoms with Crippen LogP contribution in [0.3, 0.4) is 0 Å². The highest BCUT2D eigenvalue weighted by Crippen LogP contribution is 2.44. The van der Waals surface area contributed by atoms with Gasteiger partial charge in [0, 0.05) is 30.2 Å². The zero-order valence-electron chi connectivity index (χ0n) is 13.9. The molecule has 1 atom stereocenters. The summed E-state index contributed by atoms with van der Waals surface area (Å²) in [6.45, 7) is 9.42. The van der Waals surface area contributed by atoms with Gasteiger partial charge in [-0.2, -0.15) is 0 Å². The van der Waals surface area contributed by atoms with Gasteiger partial charge in [0.05, 0.1) is 0 Å². The molecule has 1 unspecified atom stereocenters. The summed E-state index contributed by atoms with van der Waals surface area (Å²) < 4.78 is 0. The van der Waals surface area contributed by atoms with Gasteiger partial charge in [-0.15, -0.1) is 0 Å². The molecule has 2 heteroatoms. The average Bonchev–Trinajstić information content (AvgIpc) is 2.53. The zero-order valence-corrected chi connectivity index (χ0v) is 13.9. The summed E-state index contributed by atoms with van der Waals surface area (Å²) in [4.78, 5) is 2.83. The van der Waals surface area contributed by atoms with E-state index in [1.807, 2.05) is 0 Å². The molecule has 21 heavy (non-hydrogen) atoms. The van der Waals surface area contributed by atoms with E-state index in [9.17, 15) is 0 Å². The van der Waals surface area contributed by atoms with Crippen molar-refractivity contribution < 1.29 is 0 Å². The maximum atomic E-state index is 3.89. The van der Waals surface area contributed by atoms with Crippen LogP contribution in [0.5, 0.6) is 0 Å². The minimum Gasteiger partial charge on any atom is -0.308 e. The summed E-state index contributed by atoms with van der Waals surface area (Å²) in [5.74, 6) is 0. The van der Waals surface area contributed by atoms with Crippen LogP contribution in [0, 0.1) is 0 Å². The number of nitrogens with one attached hydrogen (secondary N) is 1. The lowest BCUT2D eigenvalue weighted by molar-refractivity contribution is -0.0525. The summed E-state index contributed by atoms with van der Waals surface area (Å²) in [6, 6.07) is 11.6. The van der Waals surface area contributed by atoms with Gasteiger partial charge < -0.3 is 5.32 Å². The van der Waals surface area contributed by atoms with E-state index in [2.05, 4.69) is 61.3 Å². The lowest BCUT2D eigenvalue weighted by atomic mass is 9.73. The fraction of sp³-hybridized carbons (Fsp3) is 0.684. The molecule has 1 saturated carbocycles. The second-order valence-electron chi connectivity index (χ2n) is 7.27. The van der Waals surface area contributed by atoms with Gasteiger partial charge in [-0.05, 0) is 44.6 Å². The molecule has 1 aliphatic carbocycles. The summed E-state index contributed by atoms with van der Waals surface area (Å²) >= 11 is 0. The normalized spacial score (nSPS) is 28.0. The third-order valence-corrected chi connectivity index (χ3v) is 6.18. The molecule has 1 N–H and O–H groups in total. The number of hydrogen-bond donors (Lipinski definition) is 1. The van der Waals surface area contributed by atoms with Crippen LogP contribution >= 0.6 is 0 Å². The third-order valence-electron chi connectivity index (χ3n) is 6.18. The first-order chi connectivity index (χ1) is 10.1. The van der Waals surface area contributed by atoms with Gasteiger partial charge in [-0.25, -0.2) is 0 Å². The maximum Gasteiger partial charge on any atom is 0.0479 e. The quantitative estimate of drug-likeness (QED) is 0.895. The molecule has 116 valence electrons. The molecule has 0 aromatic heterocycles. The highest BCUT2D eigenvalue weighted by Gasteiger charge is 2.47. The number of piperazine rings is 1. The highest BCUT2D eigenvalue weighted by molar-refractivity contribution is 5.22. The van der Waals surface area contributed by atoms with Crippen molar-refractivity contribution in [3.8, 4) is 0 Å². The molecule has 1 aromatic carbocycles. The molecule has 1 heterocycles. The van der Waals surface area contributed by atoms with Gasteiger partial charge in [0.15, 0.2) is 0 Å². The van der Waals surface area contributed by atoms with E-state index in [4.69, 9.17) is 0 Å². The Morgan fingerprint density at radius 3 is 2.33 bits per heavy atom. The van der Waals surface area contributed by atoms with Crippen molar-refractivity contribution in [1.82, 2.24) is 10.2 Å². The van der Waals surface area contributed by atoms with Crippen LogP contribution < -0.4 is 5.32 Å². The molecule has 0 radical (unpaired) electrons. The van der Waals surface area contributed by atoms with Crippen LogP contribution in [-0.4, -0.2) is 29.1 Å². The Morgan fingerprint density at radius 2 is 1.81 bits per heavy atom. The van der Waals surface area contributed by atoms with Crippen molar-refractivity contribution in [2.24, 2.45) is 0 Å². The largest absolute Gasteiger partial charge is 0.308 e. The molecular weight excluding hydrogens is 256 g/mol. The predicted molar refractivity (Wildman–Crippen MR) is 89.5 cm³/mol. The minimum atomic E-state index is 0.309. The predicted octanol–water partition coefficient (Wildman–Crippen LogP) is 4.13. The van der Waals surface area contributed by atoms with E-state index in [0.29, 0.717) is 17.1 Å². The SMILES string of the molecule is CCC1(CC)CN(C2(C)CCC2)C(c2ccccc2)CN1. The lowest BCUT2D eigenvalue weighted by Crippen LogP contribution is -2.67. The van der Waals surface area contributed by atoms with E-state index >= 15 is 0 Å². The van der Waals surface area contributed by atoms with Crippen LogP contribution in [0.15, 0.2) is 30.3 Å². The van der Waals surface area contributed by atoms with Crippen molar-refractivity contribution in [3.05, 3.63) is 35.9 Å². The molecular formula is C19H30N2. The Balaban J connectivity index is 1.90. The Hall–Kier alpha value is -0.860. The van der Waals surface area contributed by atoms with Crippen LogP contribution in [0.25, 0.3) is 0 Å². The van der Waals surface area contributed by atoms with E-state index < -0.39 is 0 Å². The Morgan fingerprint density at radius 1 is 1.14 bits per heavy atom. The molecule has 1 aliphatic heterocycles. The summed E-state index contributed by atoms with van der Waals surface area (Å²) in [5, 5.41) is 3.89. The second kappa shape index (κ2) is 5.73. The van der Waals surface area contributed by atoms with E-state index in [1.165, 1.54) is 44.2 Å². The maximum absolute atomic E-state index is 3.89. The zero-order chi connectivity index (χ0) is 14.9. The van der Waals surface area contributed by atoms with E-state index in [-0.39, 0.29) is 0 Å². The van der Waals surface area contributed by atoms with Gasteiger partial charge in [0.2, 0.25) is 0 Å². The van der Waals surface area contributed by atoms with Crippen molar-refractivity contribution in [1.29, 1.82) is 0 Å². The van der Waals surface area contributed by atoms with Crippen LogP contribution in [0.4, 0.5) is 0 Å². The number of hydrogen-bond acceptors (Lipinski definition) is 2. The molecule has 0 amide bonds. The van der Waals surface area contributed by atoms with Gasteiger partial charge in [-0.1, -0.05) is 44.2 Å². The second-order valence-corrected chi connectivity index (χ2v) is 7.27. The molecule has 2 aliphatic rings. The summed E-state index contributed by atoms with van der Waals surface area (Å²) in [6.07, 6.45) is 6.56. The summed E-state index contributed by atoms with van der Waals surface area (Å²) in [5.41, 5.74) is 2.20. The molecule has 0 bridgehead atoms. The Kier molecular flexibility index (Phi) is 4.11. The fourth-order valence-corrected chi connectivity index (χ4v) is 4.15. The van der Waals surface area contributed by atoms with Gasteiger partial charge in [0.1, 0.15) is 0 Å². The van der Waals surface area contributed by atoms with E-state index in [1.54, 1.807) is 0 Å². The van der Waals surface area contributed by atoms with E-state index in [0.717, 1.165) is 6.54 Å². The molecule has 0 spiro atoms. The number of benzene rings is 1. The van der Waals surface area contributed by atoms with Crippen molar-refractivity contribution in [3.63, 3.8) is 0 Å². The molecule has 3 rings (SSSR count). The van der Waals surface area contributed by atoms with Gasteiger partial charge in [-0.3, -0.25) is 4.90 Å². The molecule has 1 saturated heterocycles. The van der Waals surface area contributed by atoms with Gasteiger partial charge >= 0.3 is 0 Å². The minimum absolute atomic E-state index is 0.309. The van der Waals surface area contributed by atoms with Gasteiger partial charge in [0.25, 0.3) is 0 Å². The van der Waals surface area contributed by atoms with Crippen molar-refractivity contribution in [2.45, 2.75) is 70.0 Å². The first kappa shape index (κ1) is 15.1.